The summed E-state index contributed by atoms with van der Waals surface area (Å²) in [4.78, 5) is 41.3. The highest BCUT2D eigenvalue weighted by Gasteiger charge is 2.32. The molecule has 1 atom stereocenters. The minimum atomic E-state index is -0.884. The number of ether oxygens (including phenoxy) is 2. The van der Waals surface area contributed by atoms with Crippen LogP contribution in [0.25, 0.3) is 0 Å². The zero-order valence-electron chi connectivity index (χ0n) is 24.6. The molecular weight excluding hydrogens is 494 g/mol. The summed E-state index contributed by atoms with van der Waals surface area (Å²) in [6.07, 6.45) is 4.29. The Morgan fingerprint density at radius 1 is 0.923 bits per heavy atom. The van der Waals surface area contributed by atoms with Crippen LogP contribution in [0.1, 0.15) is 82.5 Å². The van der Waals surface area contributed by atoms with Crippen molar-refractivity contribution in [2.24, 2.45) is 0 Å². The summed E-state index contributed by atoms with van der Waals surface area (Å²) >= 11 is 0. The number of anilines is 1. The maximum Gasteiger partial charge on any atom is 0.408 e. The molecule has 0 saturated carbocycles. The van der Waals surface area contributed by atoms with Gasteiger partial charge in [-0.2, -0.15) is 0 Å². The second-order valence-electron chi connectivity index (χ2n) is 10.9. The number of carbonyl (C=O) groups is 3. The number of alkyl carbamates (subject to hydrolysis) is 1. The fraction of sp³-hybridized carbons (Fsp3) is 0.516. The van der Waals surface area contributed by atoms with Crippen molar-refractivity contribution >= 4 is 23.6 Å². The normalized spacial score (nSPS) is 11.9. The SMILES string of the molecule is CCCCCCCN(C(=O)CNC(=O)OC(C)(C)C)C(C(=O)Nc1ccc(OC)cc1)c1cc(C)cc(C)c1. The Morgan fingerprint density at radius 3 is 2.10 bits per heavy atom. The van der Waals surface area contributed by atoms with Crippen LogP contribution in [-0.2, 0) is 14.3 Å². The number of nitrogens with zero attached hydrogens (tertiary/aromatic N) is 1. The molecule has 39 heavy (non-hydrogen) atoms. The number of methoxy groups -OCH3 is 1. The van der Waals surface area contributed by atoms with Gasteiger partial charge in [-0.25, -0.2) is 4.79 Å². The average Bonchev–Trinajstić information content (AvgIpc) is 2.85. The number of carbonyl (C=O) groups excluding carboxylic acids is 3. The Balaban J connectivity index is 2.39. The maximum absolute atomic E-state index is 13.8. The van der Waals surface area contributed by atoms with Gasteiger partial charge in [0.2, 0.25) is 5.91 Å². The third-order valence-electron chi connectivity index (χ3n) is 6.08. The fourth-order valence-electron chi connectivity index (χ4n) is 4.37. The highest BCUT2D eigenvalue weighted by molar-refractivity contribution is 5.98. The van der Waals surface area contributed by atoms with E-state index in [0.29, 0.717) is 18.0 Å². The molecule has 2 aromatic rings. The predicted molar refractivity (Wildman–Crippen MR) is 155 cm³/mol. The van der Waals surface area contributed by atoms with Crippen molar-refractivity contribution in [3.63, 3.8) is 0 Å². The van der Waals surface area contributed by atoms with E-state index in [1.165, 1.54) is 0 Å². The highest BCUT2D eigenvalue weighted by atomic mass is 16.6. The van der Waals surface area contributed by atoms with Gasteiger partial charge >= 0.3 is 6.09 Å². The molecule has 3 amide bonds. The van der Waals surface area contributed by atoms with Crippen molar-refractivity contribution < 1.29 is 23.9 Å². The smallest absolute Gasteiger partial charge is 0.408 e. The van der Waals surface area contributed by atoms with Gasteiger partial charge < -0.3 is 25.0 Å². The van der Waals surface area contributed by atoms with Crippen molar-refractivity contribution in [3.8, 4) is 5.75 Å². The van der Waals surface area contributed by atoms with E-state index in [0.717, 1.165) is 48.8 Å². The van der Waals surface area contributed by atoms with Crippen molar-refractivity contribution in [2.75, 3.05) is 25.5 Å². The molecule has 8 nitrogen and oxygen atoms in total. The van der Waals surface area contributed by atoms with Crippen LogP contribution in [0.15, 0.2) is 42.5 Å². The molecule has 0 saturated heterocycles. The summed E-state index contributed by atoms with van der Waals surface area (Å²) in [6, 6.07) is 12.1. The number of nitrogens with one attached hydrogen (secondary N) is 2. The van der Waals surface area contributed by atoms with Crippen LogP contribution < -0.4 is 15.4 Å². The molecule has 2 N–H and O–H groups in total. The van der Waals surface area contributed by atoms with Gasteiger partial charge in [0, 0.05) is 12.2 Å². The zero-order chi connectivity index (χ0) is 29.0. The molecule has 214 valence electrons. The molecule has 2 rings (SSSR count). The molecule has 0 aliphatic heterocycles. The quantitative estimate of drug-likeness (QED) is 0.291. The van der Waals surface area contributed by atoms with Crippen LogP contribution in [-0.4, -0.2) is 48.6 Å². The summed E-state index contributed by atoms with van der Waals surface area (Å²) in [5.41, 5.74) is 2.62. The summed E-state index contributed by atoms with van der Waals surface area (Å²) in [6.45, 7) is 11.5. The minimum absolute atomic E-state index is 0.277. The van der Waals surface area contributed by atoms with E-state index < -0.39 is 17.7 Å². The highest BCUT2D eigenvalue weighted by Crippen LogP contribution is 2.27. The van der Waals surface area contributed by atoms with Gasteiger partial charge in [0.15, 0.2) is 0 Å². The molecule has 0 radical (unpaired) electrons. The van der Waals surface area contributed by atoms with Gasteiger partial charge in [-0.3, -0.25) is 9.59 Å². The molecule has 0 aromatic heterocycles. The standard InChI is InChI=1S/C31H45N3O5/c1-8-9-10-11-12-17-34(27(35)21-32-30(37)39-31(4,5)6)28(24-19-22(2)18-23(3)20-24)29(36)33-25-13-15-26(38-7)16-14-25/h13-16,18-20,28H,8-12,17,21H2,1-7H3,(H,32,37)(H,33,36). The first-order valence-corrected chi connectivity index (χ1v) is 13.7. The number of hydrogen-bond donors (Lipinski definition) is 2. The van der Waals surface area contributed by atoms with Gasteiger partial charge in [0.25, 0.3) is 5.91 Å². The van der Waals surface area contributed by atoms with Crippen molar-refractivity contribution in [1.82, 2.24) is 10.2 Å². The van der Waals surface area contributed by atoms with E-state index in [2.05, 4.69) is 17.6 Å². The number of hydrogen-bond acceptors (Lipinski definition) is 5. The Hall–Kier alpha value is -3.55. The second-order valence-corrected chi connectivity index (χ2v) is 10.9. The lowest BCUT2D eigenvalue weighted by Gasteiger charge is -2.32. The van der Waals surface area contributed by atoms with Crippen molar-refractivity contribution in [3.05, 3.63) is 59.2 Å². The van der Waals surface area contributed by atoms with E-state index in [1.807, 2.05) is 32.0 Å². The number of unbranched alkanes of at least 4 members (excludes halogenated alkanes) is 4. The van der Waals surface area contributed by atoms with Crippen LogP contribution in [0.4, 0.5) is 10.5 Å². The predicted octanol–water partition coefficient (Wildman–Crippen LogP) is 6.32. The fourth-order valence-corrected chi connectivity index (χ4v) is 4.37. The maximum atomic E-state index is 13.8. The van der Waals surface area contributed by atoms with Crippen molar-refractivity contribution in [2.45, 2.75) is 85.3 Å². The van der Waals surface area contributed by atoms with E-state index in [1.54, 1.807) is 57.0 Å². The summed E-state index contributed by atoms with van der Waals surface area (Å²) < 4.78 is 10.5. The lowest BCUT2D eigenvalue weighted by Crippen LogP contribution is -2.47. The topological polar surface area (TPSA) is 97.0 Å². The third-order valence-corrected chi connectivity index (χ3v) is 6.08. The van der Waals surface area contributed by atoms with Gasteiger partial charge in [-0.15, -0.1) is 0 Å². The lowest BCUT2D eigenvalue weighted by molar-refractivity contribution is -0.138. The zero-order valence-corrected chi connectivity index (χ0v) is 24.6. The number of rotatable bonds is 13. The molecule has 2 aromatic carbocycles. The molecule has 1 unspecified atom stereocenters. The Kier molecular flexibility index (Phi) is 12.3. The first-order chi connectivity index (χ1) is 18.4. The van der Waals surface area contributed by atoms with Crippen LogP contribution in [0.3, 0.4) is 0 Å². The molecule has 0 heterocycles. The van der Waals surface area contributed by atoms with Gasteiger partial charge in [0.05, 0.1) is 7.11 Å². The molecule has 0 aliphatic rings. The van der Waals surface area contributed by atoms with E-state index in [9.17, 15) is 14.4 Å². The molecule has 0 bridgehead atoms. The minimum Gasteiger partial charge on any atom is -0.497 e. The number of aryl methyl sites for hydroxylation is 2. The molecule has 0 fully saturated rings. The van der Waals surface area contributed by atoms with E-state index in [4.69, 9.17) is 9.47 Å². The Morgan fingerprint density at radius 2 is 1.54 bits per heavy atom. The van der Waals surface area contributed by atoms with Gasteiger partial charge in [-0.05, 0) is 70.9 Å². The molecule has 8 heteroatoms. The van der Waals surface area contributed by atoms with Crippen LogP contribution in [0.2, 0.25) is 0 Å². The Bertz CT molecular complexity index is 1070. The van der Waals surface area contributed by atoms with Crippen LogP contribution in [0, 0.1) is 13.8 Å². The lowest BCUT2D eigenvalue weighted by atomic mass is 9.98. The molecular formula is C31H45N3O5. The van der Waals surface area contributed by atoms with E-state index in [-0.39, 0.29) is 18.4 Å². The van der Waals surface area contributed by atoms with Crippen LogP contribution >= 0.6 is 0 Å². The third kappa shape index (κ3) is 11.0. The van der Waals surface area contributed by atoms with Crippen molar-refractivity contribution in [1.29, 1.82) is 0 Å². The van der Waals surface area contributed by atoms with E-state index >= 15 is 0 Å². The Labute approximate surface area is 233 Å². The molecule has 0 spiro atoms. The summed E-state index contributed by atoms with van der Waals surface area (Å²) in [5, 5.41) is 5.53. The monoisotopic (exact) mass is 539 g/mol. The largest absolute Gasteiger partial charge is 0.497 e. The number of benzene rings is 2. The number of amides is 3. The molecule has 0 aliphatic carbocycles. The average molecular weight is 540 g/mol. The summed E-state index contributed by atoms with van der Waals surface area (Å²) in [7, 11) is 1.58. The second kappa shape index (κ2) is 15.1. The van der Waals surface area contributed by atoms with Gasteiger partial charge in [0.1, 0.15) is 23.9 Å². The first-order valence-electron chi connectivity index (χ1n) is 13.7. The van der Waals surface area contributed by atoms with Crippen LogP contribution in [0.5, 0.6) is 5.75 Å². The summed E-state index contributed by atoms with van der Waals surface area (Å²) in [5.74, 6) is -0.00862. The van der Waals surface area contributed by atoms with Gasteiger partial charge in [-0.1, -0.05) is 61.9 Å². The first kappa shape index (κ1) is 31.7.